The van der Waals surface area contributed by atoms with E-state index >= 15 is 0 Å². The second kappa shape index (κ2) is 6.58. The number of nitrogens with one attached hydrogen (secondary N) is 1. The van der Waals surface area contributed by atoms with Crippen molar-refractivity contribution in [1.82, 2.24) is 10.3 Å². The second-order valence-corrected chi connectivity index (χ2v) is 8.34. The quantitative estimate of drug-likeness (QED) is 0.885. The normalized spacial score (nSPS) is 18.2. The first-order valence-electron chi connectivity index (χ1n) is 6.75. The van der Waals surface area contributed by atoms with Gasteiger partial charge in [-0.3, -0.25) is 0 Å². The highest BCUT2D eigenvalue weighted by Crippen LogP contribution is 2.29. The maximum atomic E-state index is 10.4. The van der Waals surface area contributed by atoms with Gasteiger partial charge in [0.1, 0.15) is 5.01 Å². The predicted octanol–water partition coefficient (Wildman–Crippen LogP) is 3.22. The molecule has 108 valence electrons. The van der Waals surface area contributed by atoms with Crippen molar-refractivity contribution in [2.45, 2.75) is 25.0 Å². The van der Waals surface area contributed by atoms with Crippen LogP contribution < -0.4 is 5.32 Å². The summed E-state index contributed by atoms with van der Waals surface area (Å²) >= 11 is 5.38. The highest BCUT2D eigenvalue weighted by molar-refractivity contribution is 7.99. The molecule has 0 atom stereocenters. The van der Waals surface area contributed by atoms with Gasteiger partial charge in [-0.05, 0) is 35.8 Å². The standard InChI is InChI=1S/C14H18N2OS3/c17-14(3-6-18-7-4-14)10-15-8-11-9-16-13(20-11)12-2-1-5-19-12/h1-2,5,9,15,17H,3-4,6-8,10H2. The Morgan fingerprint density at radius 1 is 1.35 bits per heavy atom. The molecule has 1 fully saturated rings. The summed E-state index contributed by atoms with van der Waals surface area (Å²) in [6.45, 7) is 1.47. The average molecular weight is 327 g/mol. The van der Waals surface area contributed by atoms with Gasteiger partial charge in [0.2, 0.25) is 0 Å². The van der Waals surface area contributed by atoms with Gasteiger partial charge in [-0.15, -0.1) is 22.7 Å². The summed E-state index contributed by atoms with van der Waals surface area (Å²) in [6.07, 6.45) is 3.73. The Kier molecular flexibility index (Phi) is 4.78. The first-order valence-corrected chi connectivity index (χ1v) is 9.60. The van der Waals surface area contributed by atoms with E-state index in [1.807, 2.05) is 18.0 Å². The Balaban J connectivity index is 1.51. The van der Waals surface area contributed by atoms with Crippen molar-refractivity contribution in [3.05, 3.63) is 28.6 Å². The summed E-state index contributed by atoms with van der Waals surface area (Å²) in [5.74, 6) is 2.14. The van der Waals surface area contributed by atoms with Gasteiger partial charge < -0.3 is 10.4 Å². The van der Waals surface area contributed by atoms with Crippen molar-refractivity contribution < 1.29 is 5.11 Å². The number of hydrogen-bond acceptors (Lipinski definition) is 6. The van der Waals surface area contributed by atoms with Gasteiger partial charge in [0.25, 0.3) is 0 Å². The van der Waals surface area contributed by atoms with Crippen molar-refractivity contribution in [3.63, 3.8) is 0 Å². The van der Waals surface area contributed by atoms with Crippen LogP contribution in [-0.2, 0) is 6.54 Å². The highest BCUT2D eigenvalue weighted by atomic mass is 32.2. The lowest BCUT2D eigenvalue weighted by Gasteiger charge is -2.31. The molecule has 2 N–H and O–H groups in total. The molecule has 0 aliphatic carbocycles. The summed E-state index contributed by atoms with van der Waals surface area (Å²) in [4.78, 5) is 6.91. The zero-order valence-electron chi connectivity index (χ0n) is 11.2. The fourth-order valence-electron chi connectivity index (χ4n) is 2.25. The minimum Gasteiger partial charge on any atom is -0.389 e. The molecule has 2 aromatic heterocycles. The minimum absolute atomic E-state index is 0.507. The van der Waals surface area contributed by atoms with Crippen molar-refractivity contribution in [3.8, 4) is 9.88 Å². The Bertz CT molecular complexity index is 532. The van der Waals surface area contributed by atoms with Gasteiger partial charge in [-0.25, -0.2) is 4.98 Å². The van der Waals surface area contributed by atoms with E-state index in [-0.39, 0.29) is 0 Å². The Labute approximate surface area is 131 Å². The number of hydrogen-bond donors (Lipinski definition) is 2. The zero-order valence-corrected chi connectivity index (χ0v) is 13.6. The van der Waals surface area contributed by atoms with Gasteiger partial charge >= 0.3 is 0 Å². The van der Waals surface area contributed by atoms with Gasteiger partial charge in [0, 0.05) is 24.2 Å². The summed E-state index contributed by atoms with van der Waals surface area (Å²) in [7, 11) is 0. The van der Waals surface area contributed by atoms with E-state index in [1.54, 1.807) is 22.7 Å². The first-order chi connectivity index (χ1) is 9.75. The number of thiophene rings is 1. The lowest BCUT2D eigenvalue weighted by atomic mass is 9.97. The number of rotatable bonds is 5. The zero-order chi connectivity index (χ0) is 13.8. The van der Waals surface area contributed by atoms with E-state index in [4.69, 9.17) is 0 Å². The van der Waals surface area contributed by atoms with E-state index in [1.165, 1.54) is 9.75 Å². The summed E-state index contributed by atoms with van der Waals surface area (Å²) < 4.78 is 0. The van der Waals surface area contributed by atoms with Crippen LogP contribution in [0.25, 0.3) is 9.88 Å². The second-order valence-electron chi connectivity index (χ2n) is 5.05. The molecule has 0 bridgehead atoms. The fourth-order valence-corrected chi connectivity index (χ4v) is 5.19. The third kappa shape index (κ3) is 3.62. The monoisotopic (exact) mass is 326 g/mol. The molecule has 2 aromatic rings. The number of thiazole rings is 1. The smallest absolute Gasteiger partial charge is 0.133 e. The number of aliphatic hydroxyl groups is 1. The highest BCUT2D eigenvalue weighted by Gasteiger charge is 2.28. The third-order valence-electron chi connectivity index (χ3n) is 3.46. The minimum atomic E-state index is -0.507. The molecular weight excluding hydrogens is 308 g/mol. The Morgan fingerprint density at radius 3 is 2.95 bits per heavy atom. The van der Waals surface area contributed by atoms with Crippen LogP contribution in [0, 0.1) is 0 Å². The SMILES string of the molecule is OC1(CNCc2cnc(-c3cccs3)s2)CCSCC1. The Hall–Kier alpha value is -0.400. The summed E-state index contributed by atoms with van der Waals surface area (Å²) in [5, 5.41) is 17.0. The van der Waals surface area contributed by atoms with Gasteiger partial charge in [0.15, 0.2) is 0 Å². The molecule has 0 spiro atoms. The Morgan fingerprint density at radius 2 is 2.20 bits per heavy atom. The molecule has 20 heavy (non-hydrogen) atoms. The molecule has 0 amide bonds. The molecule has 3 rings (SSSR count). The van der Waals surface area contributed by atoms with Crippen LogP contribution in [0.5, 0.6) is 0 Å². The predicted molar refractivity (Wildman–Crippen MR) is 88.6 cm³/mol. The molecule has 1 aliphatic heterocycles. The van der Waals surface area contributed by atoms with E-state index in [2.05, 4.69) is 27.8 Å². The number of nitrogens with zero attached hydrogens (tertiary/aromatic N) is 1. The fraction of sp³-hybridized carbons (Fsp3) is 0.500. The largest absolute Gasteiger partial charge is 0.389 e. The molecule has 1 aliphatic rings. The van der Waals surface area contributed by atoms with Crippen molar-refractivity contribution >= 4 is 34.4 Å². The van der Waals surface area contributed by atoms with Gasteiger partial charge in [-0.2, -0.15) is 11.8 Å². The first kappa shape index (κ1) is 14.5. The summed E-state index contributed by atoms with van der Waals surface area (Å²) in [5.41, 5.74) is -0.507. The number of thioether (sulfide) groups is 1. The van der Waals surface area contributed by atoms with Crippen LogP contribution in [0.3, 0.4) is 0 Å². The lowest BCUT2D eigenvalue weighted by molar-refractivity contribution is 0.0321. The van der Waals surface area contributed by atoms with Crippen LogP contribution in [-0.4, -0.2) is 33.7 Å². The number of aromatic nitrogens is 1. The third-order valence-corrected chi connectivity index (χ3v) is 6.48. The molecule has 6 heteroatoms. The van der Waals surface area contributed by atoms with Crippen molar-refractivity contribution in [1.29, 1.82) is 0 Å². The molecule has 3 heterocycles. The molecule has 0 radical (unpaired) electrons. The maximum Gasteiger partial charge on any atom is 0.133 e. The van der Waals surface area contributed by atoms with E-state index < -0.39 is 5.60 Å². The van der Waals surface area contributed by atoms with Crippen LogP contribution in [0.15, 0.2) is 23.7 Å². The van der Waals surface area contributed by atoms with Gasteiger partial charge in [0.05, 0.1) is 10.5 Å². The van der Waals surface area contributed by atoms with Crippen molar-refractivity contribution in [2.24, 2.45) is 0 Å². The maximum absolute atomic E-state index is 10.4. The van der Waals surface area contributed by atoms with Gasteiger partial charge in [-0.1, -0.05) is 6.07 Å². The van der Waals surface area contributed by atoms with Crippen LogP contribution in [0.4, 0.5) is 0 Å². The molecular formula is C14H18N2OS3. The summed E-state index contributed by atoms with van der Waals surface area (Å²) in [6, 6.07) is 4.15. The van der Waals surface area contributed by atoms with Crippen LogP contribution >= 0.6 is 34.4 Å². The molecule has 0 aromatic carbocycles. The molecule has 3 nitrogen and oxygen atoms in total. The molecule has 0 unspecified atom stereocenters. The molecule has 0 saturated carbocycles. The topological polar surface area (TPSA) is 45.1 Å². The average Bonchev–Trinajstić information content (AvgIpc) is 3.09. The molecule has 1 saturated heterocycles. The van der Waals surface area contributed by atoms with E-state index in [0.29, 0.717) is 6.54 Å². The van der Waals surface area contributed by atoms with Crippen LogP contribution in [0.2, 0.25) is 0 Å². The van der Waals surface area contributed by atoms with E-state index in [0.717, 1.165) is 35.9 Å². The van der Waals surface area contributed by atoms with Crippen molar-refractivity contribution in [2.75, 3.05) is 18.1 Å². The van der Waals surface area contributed by atoms with E-state index in [9.17, 15) is 5.11 Å². The lowest BCUT2D eigenvalue weighted by Crippen LogP contribution is -2.43. The van der Waals surface area contributed by atoms with Crippen LogP contribution in [0.1, 0.15) is 17.7 Å².